The largest absolute Gasteiger partial charge is 0.347 e. The molecule has 1 fully saturated rings. The molecule has 2 heterocycles. The smallest absolute Gasteiger partial charge is 0.287 e. The highest BCUT2D eigenvalue weighted by molar-refractivity contribution is 6.05. The second-order valence-electron chi connectivity index (χ2n) is 7.09. The second-order valence-corrected chi connectivity index (χ2v) is 7.09. The van der Waals surface area contributed by atoms with Crippen molar-refractivity contribution in [2.75, 3.05) is 5.32 Å². The molecule has 2 N–H and O–H groups in total. The summed E-state index contributed by atoms with van der Waals surface area (Å²) >= 11 is 0. The summed E-state index contributed by atoms with van der Waals surface area (Å²) in [6.45, 7) is 2.84. The fourth-order valence-corrected chi connectivity index (χ4v) is 3.39. The van der Waals surface area contributed by atoms with Gasteiger partial charge in [-0.25, -0.2) is 4.98 Å². The SMILES string of the molecule is CCc1ccc(NC(=O)c2nc(C(=O)NC3CC3)n3c2CCCC3)cc1. The van der Waals surface area contributed by atoms with Gasteiger partial charge in [0.05, 0.1) is 5.69 Å². The fourth-order valence-electron chi connectivity index (χ4n) is 3.39. The van der Waals surface area contributed by atoms with E-state index < -0.39 is 0 Å². The lowest BCUT2D eigenvalue weighted by molar-refractivity contribution is 0.0935. The van der Waals surface area contributed by atoms with Gasteiger partial charge in [0.2, 0.25) is 0 Å². The number of carbonyl (C=O) groups excluding carboxylic acids is 2. The molecule has 4 rings (SSSR count). The highest BCUT2D eigenvalue weighted by atomic mass is 16.2. The van der Waals surface area contributed by atoms with Crippen LogP contribution in [0.5, 0.6) is 0 Å². The van der Waals surface area contributed by atoms with Crippen LogP contribution in [0.3, 0.4) is 0 Å². The van der Waals surface area contributed by atoms with Crippen molar-refractivity contribution in [3.05, 3.63) is 47.0 Å². The third-order valence-corrected chi connectivity index (χ3v) is 5.07. The summed E-state index contributed by atoms with van der Waals surface area (Å²) in [5, 5.41) is 5.90. The molecule has 26 heavy (non-hydrogen) atoms. The Balaban J connectivity index is 1.58. The van der Waals surface area contributed by atoms with Crippen molar-refractivity contribution < 1.29 is 9.59 Å². The number of anilines is 1. The first-order chi connectivity index (χ1) is 12.7. The van der Waals surface area contributed by atoms with Crippen LogP contribution in [0.4, 0.5) is 5.69 Å². The van der Waals surface area contributed by atoms with Gasteiger partial charge in [-0.1, -0.05) is 19.1 Å². The number of imidazole rings is 1. The Kier molecular flexibility index (Phi) is 4.49. The highest BCUT2D eigenvalue weighted by Gasteiger charge is 2.30. The number of nitrogens with zero attached hydrogens (tertiary/aromatic N) is 2. The molecule has 0 radical (unpaired) electrons. The van der Waals surface area contributed by atoms with Crippen LogP contribution in [-0.2, 0) is 19.4 Å². The van der Waals surface area contributed by atoms with Gasteiger partial charge in [0, 0.05) is 18.3 Å². The monoisotopic (exact) mass is 352 g/mol. The van der Waals surface area contributed by atoms with Gasteiger partial charge in [-0.15, -0.1) is 0 Å². The molecule has 0 saturated heterocycles. The van der Waals surface area contributed by atoms with Gasteiger partial charge in [-0.05, 0) is 56.2 Å². The summed E-state index contributed by atoms with van der Waals surface area (Å²) in [5.74, 6) is -0.0366. The lowest BCUT2D eigenvalue weighted by Crippen LogP contribution is -2.29. The van der Waals surface area contributed by atoms with Gasteiger partial charge in [-0.3, -0.25) is 9.59 Å². The lowest BCUT2D eigenvalue weighted by atomic mass is 10.1. The van der Waals surface area contributed by atoms with E-state index in [1.54, 1.807) is 0 Å². The average Bonchev–Trinajstić information content (AvgIpc) is 3.39. The Morgan fingerprint density at radius 3 is 2.62 bits per heavy atom. The minimum atomic E-state index is -0.245. The molecule has 0 atom stereocenters. The average molecular weight is 352 g/mol. The molecule has 1 saturated carbocycles. The first kappa shape index (κ1) is 16.8. The van der Waals surface area contributed by atoms with Crippen LogP contribution in [0.2, 0.25) is 0 Å². The first-order valence-corrected chi connectivity index (χ1v) is 9.46. The van der Waals surface area contributed by atoms with Crippen molar-refractivity contribution in [1.82, 2.24) is 14.9 Å². The summed E-state index contributed by atoms with van der Waals surface area (Å²) in [7, 11) is 0. The quantitative estimate of drug-likeness (QED) is 0.869. The molecule has 1 aliphatic carbocycles. The maximum atomic E-state index is 12.8. The van der Waals surface area contributed by atoms with Crippen molar-refractivity contribution in [1.29, 1.82) is 0 Å². The van der Waals surface area contributed by atoms with Crippen molar-refractivity contribution in [2.24, 2.45) is 0 Å². The zero-order chi connectivity index (χ0) is 18.1. The Labute approximate surface area is 153 Å². The van der Waals surface area contributed by atoms with Crippen LogP contribution in [0, 0.1) is 0 Å². The molecule has 0 unspecified atom stereocenters. The summed E-state index contributed by atoms with van der Waals surface area (Å²) in [6, 6.07) is 8.09. The van der Waals surface area contributed by atoms with E-state index in [1.165, 1.54) is 5.56 Å². The van der Waals surface area contributed by atoms with Crippen molar-refractivity contribution >= 4 is 17.5 Å². The third kappa shape index (κ3) is 3.36. The Bertz CT molecular complexity index is 834. The lowest BCUT2D eigenvalue weighted by Gasteiger charge is -2.17. The minimum Gasteiger partial charge on any atom is -0.347 e. The number of nitrogens with one attached hydrogen (secondary N) is 2. The van der Waals surface area contributed by atoms with Crippen LogP contribution < -0.4 is 10.6 Å². The summed E-state index contributed by atoms with van der Waals surface area (Å²) in [5.41, 5.74) is 3.22. The topological polar surface area (TPSA) is 76.0 Å². The molecule has 1 aliphatic heterocycles. The van der Waals surface area contributed by atoms with Gasteiger partial charge in [0.15, 0.2) is 11.5 Å². The molecule has 6 heteroatoms. The van der Waals surface area contributed by atoms with E-state index in [-0.39, 0.29) is 17.9 Å². The van der Waals surface area contributed by atoms with Crippen LogP contribution in [0.1, 0.15) is 65.0 Å². The van der Waals surface area contributed by atoms with E-state index in [1.807, 2.05) is 28.8 Å². The van der Waals surface area contributed by atoms with Crippen LogP contribution in [0.15, 0.2) is 24.3 Å². The Hall–Kier alpha value is -2.63. The van der Waals surface area contributed by atoms with Crippen molar-refractivity contribution in [3.8, 4) is 0 Å². The minimum absolute atomic E-state index is 0.165. The number of benzene rings is 1. The number of aromatic nitrogens is 2. The van der Waals surface area contributed by atoms with E-state index in [9.17, 15) is 9.59 Å². The third-order valence-electron chi connectivity index (χ3n) is 5.07. The summed E-state index contributed by atoms with van der Waals surface area (Å²) in [6.07, 6.45) is 5.82. The van der Waals surface area contributed by atoms with E-state index in [0.29, 0.717) is 11.5 Å². The molecular formula is C20H24N4O2. The number of aryl methyl sites for hydroxylation is 1. The van der Waals surface area contributed by atoms with E-state index >= 15 is 0 Å². The van der Waals surface area contributed by atoms with Gasteiger partial charge in [0.1, 0.15) is 0 Å². The molecule has 2 amide bonds. The molecule has 136 valence electrons. The molecule has 0 bridgehead atoms. The highest BCUT2D eigenvalue weighted by Crippen LogP contribution is 2.24. The molecule has 1 aromatic carbocycles. The van der Waals surface area contributed by atoms with Crippen LogP contribution in [-0.4, -0.2) is 27.4 Å². The Morgan fingerprint density at radius 2 is 1.92 bits per heavy atom. The number of hydrogen-bond donors (Lipinski definition) is 2. The number of carbonyl (C=O) groups is 2. The summed E-state index contributed by atoms with van der Waals surface area (Å²) in [4.78, 5) is 29.7. The molecule has 0 spiro atoms. The standard InChI is InChI=1S/C20H24N4O2/c1-2-13-6-8-14(9-7-13)21-19(25)17-16-5-3-4-12-24(16)18(23-17)20(26)22-15-10-11-15/h6-9,15H,2-5,10-12H2,1H3,(H,21,25)(H,22,26). The fraction of sp³-hybridized carbons (Fsp3) is 0.450. The number of fused-ring (bicyclic) bond motifs is 1. The maximum Gasteiger partial charge on any atom is 0.287 e. The normalized spacial score (nSPS) is 16.0. The van der Waals surface area contributed by atoms with E-state index in [0.717, 1.165) is 56.5 Å². The Morgan fingerprint density at radius 1 is 1.15 bits per heavy atom. The zero-order valence-corrected chi connectivity index (χ0v) is 15.0. The number of rotatable bonds is 5. The second kappa shape index (κ2) is 6.94. The number of hydrogen-bond acceptors (Lipinski definition) is 3. The molecule has 6 nitrogen and oxygen atoms in total. The van der Waals surface area contributed by atoms with Gasteiger partial charge >= 0.3 is 0 Å². The predicted molar refractivity (Wildman–Crippen MR) is 99.4 cm³/mol. The molecule has 2 aromatic rings. The zero-order valence-electron chi connectivity index (χ0n) is 15.0. The summed E-state index contributed by atoms with van der Waals surface area (Å²) < 4.78 is 1.93. The molecular weight excluding hydrogens is 328 g/mol. The maximum absolute atomic E-state index is 12.8. The van der Waals surface area contributed by atoms with Crippen LogP contribution in [0.25, 0.3) is 0 Å². The van der Waals surface area contributed by atoms with Crippen molar-refractivity contribution in [3.63, 3.8) is 0 Å². The van der Waals surface area contributed by atoms with Gasteiger partial charge in [0.25, 0.3) is 11.8 Å². The van der Waals surface area contributed by atoms with Crippen LogP contribution >= 0.6 is 0 Å². The van der Waals surface area contributed by atoms with E-state index in [2.05, 4.69) is 22.5 Å². The van der Waals surface area contributed by atoms with Crippen molar-refractivity contribution in [2.45, 2.75) is 58.0 Å². The van der Waals surface area contributed by atoms with Gasteiger partial charge < -0.3 is 15.2 Å². The predicted octanol–water partition coefficient (Wildman–Crippen LogP) is 2.93. The molecule has 2 aliphatic rings. The number of amides is 2. The van der Waals surface area contributed by atoms with E-state index in [4.69, 9.17) is 0 Å². The molecule has 1 aromatic heterocycles. The first-order valence-electron chi connectivity index (χ1n) is 9.46. The van der Waals surface area contributed by atoms with Gasteiger partial charge in [-0.2, -0.15) is 0 Å².